The summed E-state index contributed by atoms with van der Waals surface area (Å²) in [5.74, 6) is 0.0758. The van der Waals surface area contributed by atoms with Crippen molar-refractivity contribution in [3.05, 3.63) is 17.5 Å². The van der Waals surface area contributed by atoms with Crippen LogP contribution in [0, 0.1) is 12.3 Å². The Balaban J connectivity index is 2.93. The number of aryl methyl sites for hydroxylation is 1. The number of Topliss-reactive ketones (excluding diaryl/α,β-unsaturated/α-hetero) is 1. The third-order valence-corrected chi connectivity index (χ3v) is 1.62. The van der Waals surface area contributed by atoms with E-state index in [0.717, 1.165) is 5.69 Å². The first-order valence-electron chi connectivity index (χ1n) is 3.98. The summed E-state index contributed by atoms with van der Waals surface area (Å²) in [6.45, 7) is 7.55. The van der Waals surface area contributed by atoms with E-state index < -0.39 is 0 Å². The lowest BCUT2D eigenvalue weighted by molar-refractivity contribution is 0.0853. The second-order valence-corrected chi connectivity index (χ2v) is 4.02. The molecule has 1 aromatic rings. The minimum atomic E-state index is -0.346. The van der Waals surface area contributed by atoms with Gasteiger partial charge in [-0.05, 0) is 13.0 Å². The molecule has 0 aliphatic rings. The van der Waals surface area contributed by atoms with Gasteiger partial charge in [0.15, 0.2) is 5.78 Å². The minimum absolute atomic E-state index is 0.0758. The number of hydrogen-bond donors (Lipinski definition) is 1. The van der Waals surface area contributed by atoms with Gasteiger partial charge in [-0.25, -0.2) is 0 Å². The molecule has 0 bridgehead atoms. The summed E-state index contributed by atoms with van der Waals surface area (Å²) < 4.78 is 0. The first-order chi connectivity index (χ1) is 5.41. The van der Waals surface area contributed by atoms with Crippen LogP contribution in [0.15, 0.2) is 6.07 Å². The van der Waals surface area contributed by atoms with E-state index in [-0.39, 0.29) is 11.2 Å². The standard InChI is InChI=1S/C9H14N2O/c1-6-5-7(11-10-6)8(12)9(2,3)4/h5H,1-4H3,(H,10,11). The molecule has 0 fully saturated rings. The van der Waals surface area contributed by atoms with E-state index in [0.29, 0.717) is 5.69 Å². The maximum Gasteiger partial charge on any atom is 0.188 e. The number of ketones is 1. The lowest BCUT2D eigenvalue weighted by Gasteiger charge is -2.13. The van der Waals surface area contributed by atoms with Crippen molar-refractivity contribution in [2.45, 2.75) is 27.7 Å². The molecule has 3 nitrogen and oxygen atoms in total. The highest BCUT2D eigenvalue weighted by molar-refractivity contribution is 5.98. The summed E-state index contributed by atoms with van der Waals surface area (Å²) in [4.78, 5) is 11.6. The van der Waals surface area contributed by atoms with Gasteiger partial charge < -0.3 is 0 Å². The van der Waals surface area contributed by atoms with Crippen molar-refractivity contribution in [1.82, 2.24) is 10.2 Å². The van der Waals surface area contributed by atoms with Crippen molar-refractivity contribution in [3.8, 4) is 0 Å². The zero-order chi connectivity index (χ0) is 9.35. The number of aromatic nitrogens is 2. The molecule has 3 heteroatoms. The fourth-order valence-electron chi connectivity index (χ4n) is 0.919. The van der Waals surface area contributed by atoms with Crippen LogP contribution in [0.1, 0.15) is 37.0 Å². The maximum atomic E-state index is 11.6. The SMILES string of the molecule is Cc1cc(C(=O)C(C)(C)C)n[nH]1. The van der Waals surface area contributed by atoms with Gasteiger partial charge in [0.25, 0.3) is 0 Å². The van der Waals surface area contributed by atoms with E-state index in [1.165, 1.54) is 0 Å². The van der Waals surface area contributed by atoms with E-state index in [1.807, 2.05) is 27.7 Å². The van der Waals surface area contributed by atoms with Crippen LogP contribution in [0.2, 0.25) is 0 Å². The smallest absolute Gasteiger partial charge is 0.188 e. The lowest BCUT2D eigenvalue weighted by Crippen LogP contribution is -2.20. The highest BCUT2D eigenvalue weighted by Gasteiger charge is 2.24. The summed E-state index contributed by atoms with van der Waals surface area (Å²) in [6, 6.07) is 1.77. The third-order valence-electron chi connectivity index (χ3n) is 1.62. The summed E-state index contributed by atoms with van der Waals surface area (Å²) in [5, 5.41) is 6.66. The number of H-pyrrole nitrogens is 1. The summed E-state index contributed by atoms with van der Waals surface area (Å²) in [5.41, 5.74) is 1.10. The van der Waals surface area contributed by atoms with Gasteiger partial charge in [-0.15, -0.1) is 0 Å². The molecule has 1 rings (SSSR count). The van der Waals surface area contributed by atoms with Crippen LogP contribution in [-0.4, -0.2) is 16.0 Å². The normalized spacial score (nSPS) is 11.7. The molecule has 0 aliphatic carbocycles. The highest BCUT2D eigenvalue weighted by Crippen LogP contribution is 2.19. The van der Waals surface area contributed by atoms with Gasteiger partial charge in [-0.2, -0.15) is 5.10 Å². The van der Waals surface area contributed by atoms with Crippen LogP contribution in [0.5, 0.6) is 0 Å². The number of carbonyl (C=O) groups excluding carboxylic acids is 1. The van der Waals surface area contributed by atoms with Gasteiger partial charge in [-0.3, -0.25) is 9.89 Å². The Bertz CT molecular complexity index is 294. The molecule has 0 atom stereocenters. The van der Waals surface area contributed by atoms with Gasteiger partial charge in [-0.1, -0.05) is 20.8 Å². The van der Waals surface area contributed by atoms with Crippen LogP contribution in [0.4, 0.5) is 0 Å². The van der Waals surface area contributed by atoms with Crippen molar-refractivity contribution in [2.24, 2.45) is 5.41 Å². The second-order valence-electron chi connectivity index (χ2n) is 4.02. The Morgan fingerprint density at radius 1 is 1.50 bits per heavy atom. The van der Waals surface area contributed by atoms with Crippen molar-refractivity contribution < 1.29 is 4.79 Å². The summed E-state index contributed by atoms with van der Waals surface area (Å²) in [6.07, 6.45) is 0. The van der Waals surface area contributed by atoms with Crippen LogP contribution in [-0.2, 0) is 0 Å². The van der Waals surface area contributed by atoms with Crippen LogP contribution >= 0.6 is 0 Å². The number of hydrogen-bond acceptors (Lipinski definition) is 2. The molecule has 66 valence electrons. The minimum Gasteiger partial charge on any atom is -0.292 e. The molecule has 0 radical (unpaired) electrons. The molecule has 0 amide bonds. The Hall–Kier alpha value is -1.12. The van der Waals surface area contributed by atoms with Crippen molar-refractivity contribution in [1.29, 1.82) is 0 Å². The molecular weight excluding hydrogens is 152 g/mol. The molecule has 0 unspecified atom stereocenters. The Kier molecular flexibility index (Phi) is 2.04. The number of nitrogens with one attached hydrogen (secondary N) is 1. The Labute approximate surface area is 72.2 Å². The number of rotatable bonds is 1. The first kappa shape index (κ1) is 8.97. The highest BCUT2D eigenvalue weighted by atomic mass is 16.1. The molecule has 0 spiro atoms. The second kappa shape index (κ2) is 2.73. The van der Waals surface area contributed by atoms with Gasteiger partial charge in [0, 0.05) is 11.1 Å². The average Bonchev–Trinajstić information content (AvgIpc) is 2.32. The van der Waals surface area contributed by atoms with E-state index in [4.69, 9.17) is 0 Å². The largest absolute Gasteiger partial charge is 0.292 e. The first-order valence-corrected chi connectivity index (χ1v) is 3.98. The monoisotopic (exact) mass is 166 g/mol. The van der Waals surface area contributed by atoms with E-state index in [9.17, 15) is 4.79 Å². The number of aromatic amines is 1. The van der Waals surface area contributed by atoms with Gasteiger partial charge in [0.2, 0.25) is 0 Å². The van der Waals surface area contributed by atoms with E-state index in [2.05, 4.69) is 10.2 Å². The van der Waals surface area contributed by atoms with E-state index in [1.54, 1.807) is 6.07 Å². The van der Waals surface area contributed by atoms with Gasteiger partial charge >= 0.3 is 0 Å². The zero-order valence-corrected chi connectivity index (χ0v) is 7.93. The number of carbonyl (C=O) groups is 1. The fourth-order valence-corrected chi connectivity index (χ4v) is 0.919. The van der Waals surface area contributed by atoms with Crippen LogP contribution in [0.25, 0.3) is 0 Å². The number of nitrogens with zero attached hydrogens (tertiary/aromatic N) is 1. The van der Waals surface area contributed by atoms with Crippen molar-refractivity contribution >= 4 is 5.78 Å². The summed E-state index contributed by atoms with van der Waals surface area (Å²) >= 11 is 0. The molecular formula is C9H14N2O. The van der Waals surface area contributed by atoms with E-state index >= 15 is 0 Å². The third kappa shape index (κ3) is 1.72. The molecule has 1 N–H and O–H groups in total. The topological polar surface area (TPSA) is 45.8 Å². The molecule has 1 heterocycles. The maximum absolute atomic E-state index is 11.6. The molecule has 12 heavy (non-hydrogen) atoms. The quantitative estimate of drug-likeness (QED) is 0.648. The molecule has 0 aromatic carbocycles. The molecule has 1 aromatic heterocycles. The van der Waals surface area contributed by atoms with Crippen molar-refractivity contribution in [2.75, 3.05) is 0 Å². The Morgan fingerprint density at radius 2 is 2.08 bits per heavy atom. The lowest BCUT2D eigenvalue weighted by atomic mass is 9.89. The molecule has 0 saturated carbocycles. The predicted molar refractivity (Wildman–Crippen MR) is 47.1 cm³/mol. The average molecular weight is 166 g/mol. The summed E-state index contributed by atoms with van der Waals surface area (Å²) in [7, 11) is 0. The van der Waals surface area contributed by atoms with Gasteiger partial charge in [0.05, 0.1) is 0 Å². The zero-order valence-electron chi connectivity index (χ0n) is 7.93. The van der Waals surface area contributed by atoms with Crippen LogP contribution in [0.3, 0.4) is 0 Å². The van der Waals surface area contributed by atoms with Gasteiger partial charge in [0.1, 0.15) is 5.69 Å². The Morgan fingerprint density at radius 3 is 2.42 bits per heavy atom. The fraction of sp³-hybridized carbons (Fsp3) is 0.556. The molecule has 0 aliphatic heterocycles. The predicted octanol–water partition coefficient (Wildman–Crippen LogP) is 1.95. The van der Waals surface area contributed by atoms with Crippen LogP contribution < -0.4 is 0 Å². The van der Waals surface area contributed by atoms with Crippen molar-refractivity contribution in [3.63, 3.8) is 0 Å². The molecule has 0 saturated heterocycles.